The predicted molar refractivity (Wildman–Crippen MR) is 122 cm³/mol. The van der Waals surface area contributed by atoms with Crippen LogP contribution in [0.5, 0.6) is 0 Å². The summed E-state index contributed by atoms with van der Waals surface area (Å²) in [5, 5.41) is 5.78. The molecular weight excluding hydrogens is 390 g/mol. The lowest BCUT2D eigenvalue weighted by atomic mass is 9.90. The first-order valence-corrected chi connectivity index (χ1v) is 10.7. The maximum absolute atomic E-state index is 11.7. The van der Waals surface area contributed by atoms with Crippen LogP contribution in [0, 0.1) is 0 Å². The molecule has 0 radical (unpaired) electrons. The summed E-state index contributed by atoms with van der Waals surface area (Å²) in [6.45, 7) is 4.85. The highest BCUT2D eigenvalue weighted by Gasteiger charge is 2.22. The van der Waals surface area contributed by atoms with Gasteiger partial charge in [-0.05, 0) is 67.6 Å². The summed E-state index contributed by atoms with van der Waals surface area (Å²) in [6, 6.07) is 10.0. The number of likely N-dealkylation sites (tertiary alicyclic amines) is 1. The van der Waals surface area contributed by atoms with E-state index in [9.17, 15) is 9.59 Å². The van der Waals surface area contributed by atoms with Gasteiger partial charge in [-0.25, -0.2) is 9.79 Å². The molecule has 1 amide bonds. The minimum atomic E-state index is -0.159. The van der Waals surface area contributed by atoms with Crippen LogP contribution in [0.1, 0.15) is 53.7 Å². The lowest BCUT2D eigenvalue weighted by Gasteiger charge is -2.32. The number of aromatic nitrogens is 1. The van der Waals surface area contributed by atoms with E-state index in [0.717, 1.165) is 49.6 Å². The number of hydrogen-bond donors (Lipinski definition) is 2. The highest BCUT2D eigenvalue weighted by molar-refractivity contribution is 6.12. The van der Waals surface area contributed by atoms with Crippen molar-refractivity contribution in [2.45, 2.75) is 38.6 Å². The van der Waals surface area contributed by atoms with Crippen molar-refractivity contribution in [2.24, 2.45) is 4.99 Å². The smallest absolute Gasteiger partial charge is 0.269 e. The monoisotopic (exact) mass is 417 g/mol. The quantitative estimate of drug-likeness (QED) is 0.728. The van der Waals surface area contributed by atoms with Crippen molar-refractivity contribution in [2.75, 3.05) is 25.5 Å². The highest BCUT2D eigenvalue weighted by Crippen LogP contribution is 2.33. The van der Waals surface area contributed by atoms with E-state index >= 15 is 0 Å². The van der Waals surface area contributed by atoms with Crippen molar-refractivity contribution in [1.29, 1.82) is 0 Å². The number of anilines is 1. The molecule has 1 aromatic heterocycles. The number of nitrogens with zero attached hydrogens (tertiary/aromatic N) is 3. The van der Waals surface area contributed by atoms with Gasteiger partial charge in [0.25, 0.3) is 5.91 Å². The number of pyridine rings is 1. The Morgan fingerprint density at radius 1 is 1.26 bits per heavy atom. The van der Waals surface area contributed by atoms with E-state index in [1.54, 1.807) is 13.1 Å². The van der Waals surface area contributed by atoms with Crippen molar-refractivity contribution >= 4 is 28.9 Å². The molecule has 0 aliphatic carbocycles. The molecule has 0 saturated carbocycles. The van der Waals surface area contributed by atoms with E-state index in [2.05, 4.69) is 37.6 Å². The maximum Gasteiger partial charge on any atom is 0.269 e. The molecule has 1 fully saturated rings. The van der Waals surface area contributed by atoms with Gasteiger partial charge in [-0.3, -0.25) is 14.7 Å². The second-order valence-corrected chi connectivity index (χ2v) is 7.97. The van der Waals surface area contributed by atoms with Crippen LogP contribution in [0.3, 0.4) is 0 Å². The van der Waals surface area contributed by atoms with Gasteiger partial charge in [-0.2, -0.15) is 0 Å². The van der Waals surface area contributed by atoms with E-state index in [1.807, 2.05) is 31.2 Å². The molecule has 1 aromatic carbocycles. The summed E-state index contributed by atoms with van der Waals surface area (Å²) in [7, 11) is 1.61. The maximum atomic E-state index is 11.7. The van der Waals surface area contributed by atoms with Gasteiger partial charge < -0.3 is 10.6 Å². The van der Waals surface area contributed by atoms with Crippen LogP contribution >= 0.6 is 0 Å². The Morgan fingerprint density at radius 3 is 2.71 bits per heavy atom. The zero-order valence-electron chi connectivity index (χ0n) is 17.9. The molecule has 7 nitrogen and oxygen atoms in total. The number of rotatable bonds is 5. The number of nitrogens with one attached hydrogen (secondary N) is 2. The number of piperidine rings is 1. The second kappa shape index (κ2) is 9.25. The van der Waals surface area contributed by atoms with Crippen molar-refractivity contribution < 1.29 is 9.59 Å². The van der Waals surface area contributed by atoms with E-state index in [1.165, 1.54) is 11.1 Å². The predicted octanol–water partition coefficient (Wildman–Crippen LogP) is 3.44. The Balaban J connectivity index is 1.37. The third-order valence-corrected chi connectivity index (χ3v) is 6.01. The summed E-state index contributed by atoms with van der Waals surface area (Å²) in [4.78, 5) is 34.2. The molecule has 2 aromatic rings. The summed E-state index contributed by atoms with van der Waals surface area (Å²) < 4.78 is 0. The molecule has 2 aliphatic rings. The van der Waals surface area contributed by atoms with Gasteiger partial charge in [-0.15, -0.1) is 0 Å². The lowest BCUT2D eigenvalue weighted by molar-refractivity contribution is 0.0958. The minimum absolute atomic E-state index is 0.159. The van der Waals surface area contributed by atoms with Crippen LogP contribution in [0.2, 0.25) is 0 Å². The first-order valence-electron chi connectivity index (χ1n) is 10.7. The molecule has 1 saturated heterocycles. The number of fused-ring (bicyclic) bond motifs is 1. The Kier molecular flexibility index (Phi) is 6.26. The number of aliphatic imine (C=N–C) groups is 1. The van der Waals surface area contributed by atoms with Crippen molar-refractivity contribution in [3.8, 4) is 0 Å². The van der Waals surface area contributed by atoms with Crippen LogP contribution < -0.4 is 10.6 Å². The van der Waals surface area contributed by atoms with Gasteiger partial charge in [0, 0.05) is 19.8 Å². The normalized spacial score (nSPS) is 16.7. The van der Waals surface area contributed by atoms with Gasteiger partial charge in [0.2, 0.25) is 0 Å². The molecule has 7 heteroatoms. The molecule has 160 valence electrons. The van der Waals surface area contributed by atoms with Gasteiger partial charge in [0.15, 0.2) is 5.94 Å². The van der Waals surface area contributed by atoms with Crippen LogP contribution in [0.4, 0.5) is 11.4 Å². The summed E-state index contributed by atoms with van der Waals surface area (Å²) in [5.74, 6) is 2.28. The molecular formula is C24H27N5O2. The topological polar surface area (TPSA) is 86.7 Å². The summed E-state index contributed by atoms with van der Waals surface area (Å²) >= 11 is 0. The Bertz CT molecular complexity index is 1050. The molecule has 31 heavy (non-hydrogen) atoms. The first kappa shape index (κ1) is 21.0. The fourth-order valence-electron chi connectivity index (χ4n) is 4.22. The van der Waals surface area contributed by atoms with E-state index in [-0.39, 0.29) is 5.91 Å². The van der Waals surface area contributed by atoms with Crippen molar-refractivity contribution in [3.05, 3.63) is 59.0 Å². The van der Waals surface area contributed by atoms with Crippen molar-refractivity contribution in [3.63, 3.8) is 0 Å². The molecule has 2 N–H and O–H groups in total. The average molecular weight is 418 g/mol. The lowest BCUT2D eigenvalue weighted by Crippen LogP contribution is -2.32. The number of amides is 1. The zero-order chi connectivity index (χ0) is 21.8. The fourth-order valence-corrected chi connectivity index (χ4v) is 4.22. The molecule has 3 heterocycles. The van der Waals surface area contributed by atoms with Gasteiger partial charge in [0.05, 0.1) is 17.1 Å². The zero-order valence-corrected chi connectivity index (χ0v) is 17.9. The number of allylic oxidation sites excluding steroid dienone is 1. The number of benzene rings is 1. The Hall–Kier alpha value is -3.28. The average Bonchev–Trinajstić information content (AvgIpc) is 2.83. The van der Waals surface area contributed by atoms with Crippen molar-refractivity contribution in [1.82, 2.24) is 15.2 Å². The van der Waals surface area contributed by atoms with Gasteiger partial charge >= 0.3 is 0 Å². The standard InChI is InChI=1S/C24H27N5O2/c1-3-19-23(15-30)28-22-12-16(4-6-20(22)27-19)14-29-10-8-17(9-11-29)18-5-7-21(26-13-18)24(31)25-2/h4-7,12-13,17,28H,3,8-11,14H2,1-2H3,(H,25,31). The fraction of sp³-hybridized carbons (Fsp3) is 0.375. The van der Waals surface area contributed by atoms with E-state index in [0.29, 0.717) is 23.7 Å². The van der Waals surface area contributed by atoms with Gasteiger partial charge in [0.1, 0.15) is 11.4 Å². The SMILES string of the molecule is CCC1=Nc2ccc(CN3CCC(c4ccc(C(=O)NC)nc4)CC3)cc2NC1=C=O. The molecule has 2 aliphatic heterocycles. The van der Waals surface area contributed by atoms with Crippen LogP contribution in [-0.2, 0) is 11.3 Å². The first-order chi connectivity index (χ1) is 15.1. The molecule has 0 bridgehead atoms. The van der Waals surface area contributed by atoms with Crippen LogP contribution in [0.25, 0.3) is 0 Å². The minimum Gasteiger partial charge on any atom is -0.354 e. The van der Waals surface area contributed by atoms with E-state index < -0.39 is 0 Å². The number of carbonyl (C=O) groups is 1. The van der Waals surface area contributed by atoms with Crippen LogP contribution in [-0.4, -0.2) is 47.6 Å². The third-order valence-electron chi connectivity index (χ3n) is 6.01. The largest absolute Gasteiger partial charge is 0.354 e. The third kappa shape index (κ3) is 4.58. The molecule has 0 atom stereocenters. The Morgan fingerprint density at radius 2 is 2.06 bits per heavy atom. The summed E-state index contributed by atoms with van der Waals surface area (Å²) in [6.07, 6.45) is 4.65. The molecule has 4 rings (SSSR count). The number of hydrogen-bond acceptors (Lipinski definition) is 6. The molecule has 0 unspecified atom stereocenters. The van der Waals surface area contributed by atoms with Crippen LogP contribution in [0.15, 0.2) is 47.2 Å². The second-order valence-electron chi connectivity index (χ2n) is 7.97. The highest BCUT2D eigenvalue weighted by atomic mass is 16.1. The van der Waals surface area contributed by atoms with E-state index in [4.69, 9.17) is 0 Å². The van der Waals surface area contributed by atoms with Gasteiger partial charge in [-0.1, -0.05) is 19.1 Å². The number of carbonyl (C=O) groups excluding carboxylic acids is 2. The molecule has 0 spiro atoms. The Labute approximate surface area is 182 Å². The summed E-state index contributed by atoms with van der Waals surface area (Å²) in [5.41, 5.74) is 5.76.